The molecular formula is C8H6N4O3. The van der Waals surface area contributed by atoms with Crippen LogP contribution in [0.5, 0.6) is 0 Å². The molecule has 0 aliphatic carbocycles. The van der Waals surface area contributed by atoms with Crippen LogP contribution >= 0.6 is 0 Å². The molecule has 1 aromatic carbocycles. The lowest BCUT2D eigenvalue weighted by Gasteiger charge is -2.00. The van der Waals surface area contributed by atoms with E-state index < -0.39 is 10.8 Å². The van der Waals surface area contributed by atoms with Crippen molar-refractivity contribution in [2.75, 3.05) is 0 Å². The minimum absolute atomic E-state index is 0.0974. The summed E-state index contributed by atoms with van der Waals surface area (Å²) in [4.78, 5) is 20.9. The average Bonchev–Trinajstić information content (AvgIpc) is 2.26. The third kappa shape index (κ3) is 2.67. The van der Waals surface area contributed by atoms with Gasteiger partial charge in [0.2, 0.25) is 0 Å². The summed E-state index contributed by atoms with van der Waals surface area (Å²) in [5, 5.41) is 18.4. The minimum Gasteiger partial charge on any atom is -0.267 e. The molecule has 0 atom stereocenters. The van der Waals surface area contributed by atoms with Gasteiger partial charge in [-0.2, -0.15) is 5.26 Å². The SMILES string of the molecule is N#CNNC(=O)c1ccc([N+](=O)[O-])cc1. The number of nitriles is 1. The third-order valence-electron chi connectivity index (χ3n) is 1.57. The molecule has 1 rings (SSSR count). The summed E-state index contributed by atoms with van der Waals surface area (Å²) in [6, 6.07) is 5.02. The number of hydrogen-bond acceptors (Lipinski definition) is 5. The summed E-state index contributed by atoms with van der Waals surface area (Å²) in [7, 11) is 0. The lowest BCUT2D eigenvalue weighted by molar-refractivity contribution is -0.384. The largest absolute Gasteiger partial charge is 0.270 e. The second kappa shape index (κ2) is 4.57. The Hall–Kier alpha value is -2.62. The van der Waals surface area contributed by atoms with Crippen LogP contribution in [-0.4, -0.2) is 10.8 Å². The molecule has 2 N–H and O–H groups in total. The predicted molar refractivity (Wildman–Crippen MR) is 49.3 cm³/mol. The van der Waals surface area contributed by atoms with Crippen LogP contribution in [0.3, 0.4) is 0 Å². The summed E-state index contributed by atoms with van der Waals surface area (Å²) in [5.74, 6) is -0.536. The van der Waals surface area contributed by atoms with E-state index in [-0.39, 0.29) is 11.3 Å². The lowest BCUT2D eigenvalue weighted by Crippen LogP contribution is -2.33. The van der Waals surface area contributed by atoms with Crippen LogP contribution in [0.15, 0.2) is 24.3 Å². The van der Waals surface area contributed by atoms with Gasteiger partial charge < -0.3 is 0 Å². The van der Waals surface area contributed by atoms with Gasteiger partial charge in [-0.15, -0.1) is 0 Å². The smallest absolute Gasteiger partial charge is 0.267 e. The molecule has 1 amide bonds. The molecule has 0 bridgehead atoms. The van der Waals surface area contributed by atoms with Gasteiger partial charge in [-0.25, -0.2) is 5.43 Å². The zero-order valence-electron chi connectivity index (χ0n) is 7.43. The summed E-state index contributed by atoms with van der Waals surface area (Å²) in [6.07, 6.45) is 1.51. The van der Waals surface area contributed by atoms with Crippen molar-refractivity contribution in [2.45, 2.75) is 0 Å². The average molecular weight is 206 g/mol. The Balaban J connectivity index is 2.76. The standard InChI is InChI=1S/C8H6N4O3/c9-5-10-11-8(13)6-1-3-7(4-2-6)12(14)15/h1-4,10H,(H,11,13). The second-order valence-electron chi connectivity index (χ2n) is 2.49. The van der Waals surface area contributed by atoms with Crippen molar-refractivity contribution in [3.05, 3.63) is 39.9 Å². The maximum Gasteiger partial charge on any atom is 0.270 e. The van der Waals surface area contributed by atoms with E-state index in [1.54, 1.807) is 0 Å². The highest BCUT2D eigenvalue weighted by molar-refractivity contribution is 5.94. The Morgan fingerprint density at radius 3 is 2.47 bits per heavy atom. The van der Waals surface area contributed by atoms with Crippen LogP contribution in [0.2, 0.25) is 0 Å². The van der Waals surface area contributed by atoms with Gasteiger partial charge in [0.05, 0.1) is 4.92 Å². The number of nitrogens with zero attached hydrogens (tertiary/aromatic N) is 2. The quantitative estimate of drug-likeness (QED) is 0.320. The Labute approximate surface area is 84.4 Å². The highest BCUT2D eigenvalue weighted by atomic mass is 16.6. The fraction of sp³-hybridized carbons (Fsp3) is 0. The highest BCUT2D eigenvalue weighted by Gasteiger charge is 2.08. The maximum absolute atomic E-state index is 11.2. The van der Waals surface area contributed by atoms with Crippen LogP contribution in [0.4, 0.5) is 5.69 Å². The molecular weight excluding hydrogens is 200 g/mol. The van der Waals surface area contributed by atoms with E-state index in [2.05, 4.69) is 5.43 Å². The van der Waals surface area contributed by atoms with Gasteiger partial charge in [0.25, 0.3) is 11.6 Å². The molecule has 0 unspecified atom stereocenters. The van der Waals surface area contributed by atoms with E-state index in [1.807, 2.05) is 5.43 Å². The van der Waals surface area contributed by atoms with Crippen molar-refractivity contribution < 1.29 is 9.72 Å². The van der Waals surface area contributed by atoms with Crippen LogP contribution < -0.4 is 10.9 Å². The fourth-order valence-electron chi connectivity index (χ4n) is 0.891. The molecule has 0 saturated heterocycles. The number of hydrogen-bond donors (Lipinski definition) is 2. The number of nitrogens with one attached hydrogen (secondary N) is 2. The molecule has 1 aromatic rings. The van der Waals surface area contributed by atoms with Crippen LogP contribution in [0.25, 0.3) is 0 Å². The monoisotopic (exact) mass is 206 g/mol. The predicted octanol–water partition coefficient (Wildman–Crippen LogP) is 0.310. The van der Waals surface area contributed by atoms with E-state index in [0.717, 1.165) is 0 Å². The number of nitro groups is 1. The number of amides is 1. The zero-order chi connectivity index (χ0) is 11.3. The van der Waals surface area contributed by atoms with Gasteiger partial charge in [0.15, 0.2) is 6.19 Å². The number of carbonyl (C=O) groups is 1. The first-order valence-corrected chi connectivity index (χ1v) is 3.84. The Bertz CT molecular complexity index is 421. The minimum atomic E-state index is -0.560. The molecule has 0 aliphatic heterocycles. The molecule has 0 aromatic heterocycles. The summed E-state index contributed by atoms with van der Waals surface area (Å²) in [6.45, 7) is 0. The van der Waals surface area contributed by atoms with Gasteiger partial charge in [-0.1, -0.05) is 0 Å². The van der Waals surface area contributed by atoms with Crippen LogP contribution in [0, 0.1) is 21.6 Å². The summed E-state index contributed by atoms with van der Waals surface area (Å²) < 4.78 is 0. The van der Waals surface area contributed by atoms with Gasteiger partial charge in [0.1, 0.15) is 0 Å². The fourth-order valence-corrected chi connectivity index (χ4v) is 0.891. The number of benzene rings is 1. The number of hydrazine groups is 1. The summed E-state index contributed by atoms with van der Waals surface area (Å²) in [5.41, 5.74) is 4.16. The van der Waals surface area contributed by atoms with Gasteiger partial charge in [-0.05, 0) is 12.1 Å². The number of non-ortho nitro benzene ring substituents is 1. The Morgan fingerprint density at radius 2 is 2.00 bits per heavy atom. The first-order chi connectivity index (χ1) is 7.15. The molecule has 0 saturated carbocycles. The normalized spacial score (nSPS) is 8.73. The first-order valence-electron chi connectivity index (χ1n) is 3.84. The van der Waals surface area contributed by atoms with E-state index in [0.29, 0.717) is 0 Å². The Morgan fingerprint density at radius 1 is 1.40 bits per heavy atom. The van der Waals surface area contributed by atoms with Gasteiger partial charge in [-0.3, -0.25) is 20.3 Å². The van der Waals surface area contributed by atoms with Crippen molar-refractivity contribution >= 4 is 11.6 Å². The molecule has 0 radical (unpaired) electrons. The Kier molecular flexibility index (Phi) is 3.19. The lowest BCUT2D eigenvalue weighted by atomic mass is 10.2. The molecule has 7 nitrogen and oxygen atoms in total. The third-order valence-corrected chi connectivity index (χ3v) is 1.57. The summed E-state index contributed by atoms with van der Waals surface area (Å²) >= 11 is 0. The first kappa shape index (κ1) is 10.5. The van der Waals surface area contributed by atoms with E-state index >= 15 is 0 Å². The van der Waals surface area contributed by atoms with Crippen molar-refractivity contribution in [2.24, 2.45) is 0 Å². The number of carbonyl (C=O) groups excluding carboxylic acids is 1. The van der Waals surface area contributed by atoms with Crippen LogP contribution in [-0.2, 0) is 0 Å². The number of rotatable bonds is 3. The van der Waals surface area contributed by atoms with Crippen molar-refractivity contribution in [3.8, 4) is 6.19 Å². The van der Waals surface area contributed by atoms with E-state index in [9.17, 15) is 14.9 Å². The zero-order valence-corrected chi connectivity index (χ0v) is 7.43. The second-order valence-corrected chi connectivity index (χ2v) is 2.49. The molecule has 15 heavy (non-hydrogen) atoms. The van der Waals surface area contributed by atoms with Crippen LogP contribution in [0.1, 0.15) is 10.4 Å². The molecule has 0 spiro atoms. The number of nitro benzene ring substituents is 1. The molecule has 0 heterocycles. The molecule has 76 valence electrons. The van der Waals surface area contributed by atoms with Crippen molar-refractivity contribution in [1.82, 2.24) is 10.9 Å². The highest BCUT2D eigenvalue weighted by Crippen LogP contribution is 2.11. The molecule has 0 aliphatic rings. The topological polar surface area (TPSA) is 108 Å². The van der Waals surface area contributed by atoms with Gasteiger partial charge in [0, 0.05) is 17.7 Å². The maximum atomic E-state index is 11.2. The molecule has 7 heteroatoms. The molecule has 0 fully saturated rings. The van der Waals surface area contributed by atoms with E-state index in [1.165, 1.54) is 30.5 Å². The van der Waals surface area contributed by atoms with E-state index in [4.69, 9.17) is 5.26 Å². The van der Waals surface area contributed by atoms with Crippen molar-refractivity contribution in [1.29, 1.82) is 5.26 Å². The van der Waals surface area contributed by atoms with Crippen molar-refractivity contribution in [3.63, 3.8) is 0 Å². The van der Waals surface area contributed by atoms with Gasteiger partial charge >= 0.3 is 0 Å².